The quantitative estimate of drug-likeness (QED) is 0.172. The fourth-order valence-electron chi connectivity index (χ4n) is 12.8. The highest BCUT2D eigenvalue weighted by molar-refractivity contribution is 7.26. The molecule has 0 saturated heterocycles. The molecule has 0 atom stereocenters. The zero-order chi connectivity index (χ0) is 51.4. The third kappa shape index (κ3) is 6.25. The Morgan fingerprint density at radius 1 is 0.304 bits per heavy atom. The Morgan fingerprint density at radius 2 is 0.797 bits per heavy atom. The highest BCUT2D eigenvalue weighted by atomic mass is 32.1. The zero-order valence-corrected chi connectivity index (χ0v) is 43.6. The molecular formula is C72H39N3O2S2. The SMILES string of the molecule is c1cc(-c2c3oc4ccccc4c3cc3c2oc2ccccc23)cc(-c2c3ccc(-c4ccc5c(c4)sc4c(-c6ccc(-n7c8ccccc8c8ccccc87)cc6)c6ccccc6nc45)cc3nc3c2sc2ccccc23)c1. The standard InChI is InChI=1S/C72H39N3O2S2/c1-7-22-56-50(20-1)64(40-28-32-45(33-29-40)75-58-23-8-2-16-46(58)47-17-3-9-24-59(47)75)71-68(73-56)53-35-31-42(38-63(53)79-71)41-30-34-51-57(37-41)74-67-52-21-6-12-27-62(52)78-72(67)65(51)43-14-13-15-44(36-43)66-69-54(48-18-4-10-25-60(48)76-69)39-55-49-19-5-11-26-61(49)77-70(55)66/h1-39H. The minimum Gasteiger partial charge on any atom is -0.455 e. The van der Waals surface area contributed by atoms with Crippen molar-refractivity contribution in [2.75, 3.05) is 0 Å². The van der Waals surface area contributed by atoms with Crippen LogP contribution in [0.5, 0.6) is 0 Å². The number of fused-ring (bicyclic) bond motifs is 17. The van der Waals surface area contributed by atoms with Crippen molar-refractivity contribution in [3.05, 3.63) is 237 Å². The van der Waals surface area contributed by atoms with E-state index < -0.39 is 0 Å². The van der Waals surface area contributed by atoms with E-state index in [4.69, 9.17) is 18.8 Å². The van der Waals surface area contributed by atoms with Crippen LogP contribution in [0.3, 0.4) is 0 Å². The molecular weight excluding hydrogens is 1000 g/mol. The van der Waals surface area contributed by atoms with Crippen molar-refractivity contribution in [3.8, 4) is 50.2 Å². The number of thiophene rings is 2. The molecule has 0 aliphatic heterocycles. The summed E-state index contributed by atoms with van der Waals surface area (Å²) in [5, 5.41) is 11.4. The van der Waals surface area contributed by atoms with Gasteiger partial charge in [0.2, 0.25) is 0 Å². The van der Waals surface area contributed by atoms with Gasteiger partial charge in [0.15, 0.2) is 0 Å². The number of hydrogen-bond donors (Lipinski definition) is 0. The van der Waals surface area contributed by atoms with E-state index in [1.165, 1.54) is 52.6 Å². The van der Waals surface area contributed by atoms with Crippen molar-refractivity contribution in [3.63, 3.8) is 0 Å². The van der Waals surface area contributed by atoms with Gasteiger partial charge in [-0.2, -0.15) is 0 Å². The Hall–Kier alpha value is -9.92. The predicted octanol–water partition coefficient (Wildman–Crippen LogP) is 21.1. The van der Waals surface area contributed by atoms with Gasteiger partial charge in [0.25, 0.3) is 0 Å². The first-order valence-corrected chi connectivity index (χ1v) is 28.2. The molecule has 18 rings (SSSR count). The molecule has 5 nitrogen and oxygen atoms in total. The molecule has 0 radical (unpaired) electrons. The molecule has 0 bridgehead atoms. The number of aromatic nitrogens is 3. The van der Waals surface area contributed by atoms with Gasteiger partial charge in [0.05, 0.1) is 48.1 Å². The van der Waals surface area contributed by atoms with E-state index in [-0.39, 0.29) is 0 Å². The molecule has 0 aliphatic carbocycles. The van der Waals surface area contributed by atoms with Crippen LogP contribution < -0.4 is 0 Å². The van der Waals surface area contributed by atoms with E-state index in [9.17, 15) is 0 Å². The van der Waals surface area contributed by atoms with E-state index in [0.717, 1.165) is 126 Å². The van der Waals surface area contributed by atoms with Crippen LogP contribution in [0.25, 0.3) is 178 Å². The topological polar surface area (TPSA) is 57.0 Å². The maximum absolute atomic E-state index is 6.78. The highest BCUT2D eigenvalue weighted by Gasteiger charge is 2.24. The van der Waals surface area contributed by atoms with Crippen LogP contribution in [0.15, 0.2) is 245 Å². The first-order chi connectivity index (χ1) is 39.1. The van der Waals surface area contributed by atoms with E-state index in [0.29, 0.717) is 0 Å². The lowest BCUT2D eigenvalue weighted by Crippen LogP contribution is -1.94. The lowest BCUT2D eigenvalue weighted by molar-refractivity contribution is 0.658. The molecule has 0 amide bonds. The Morgan fingerprint density at radius 3 is 1.49 bits per heavy atom. The number of rotatable bonds is 5. The number of benzene rings is 11. The largest absolute Gasteiger partial charge is 0.455 e. The lowest BCUT2D eigenvalue weighted by atomic mass is 9.93. The Labute approximate surface area is 458 Å². The molecule has 366 valence electrons. The second-order valence-corrected chi connectivity index (χ2v) is 22.8. The number of furan rings is 2. The van der Waals surface area contributed by atoms with E-state index in [1.54, 1.807) is 0 Å². The first kappa shape index (κ1) is 43.2. The molecule has 7 aromatic heterocycles. The zero-order valence-electron chi connectivity index (χ0n) is 42.0. The molecule has 7 heterocycles. The molecule has 0 aliphatic rings. The molecule has 7 heteroatoms. The summed E-state index contributed by atoms with van der Waals surface area (Å²) >= 11 is 3.64. The summed E-state index contributed by atoms with van der Waals surface area (Å²) in [6, 6.07) is 85.3. The Balaban J connectivity index is 0.792. The summed E-state index contributed by atoms with van der Waals surface area (Å²) in [5.74, 6) is 0. The monoisotopic (exact) mass is 1040 g/mol. The van der Waals surface area contributed by atoms with Gasteiger partial charge in [-0.15, -0.1) is 22.7 Å². The maximum atomic E-state index is 6.78. The van der Waals surface area contributed by atoms with Gasteiger partial charge in [-0.1, -0.05) is 164 Å². The molecule has 0 spiro atoms. The Kier molecular flexibility index (Phi) is 8.92. The fourth-order valence-corrected chi connectivity index (χ4v) is 15.3. The minimum atomic E-state index is 0.821. The van der Waals surface area contributed by atoms with Gasteiger partial charge in [-0.05, 0) is 101 Å². The van der Waals surface area contributed by atoms with Crippen LogP contribution in [0.2, 0.25) is 0 Å². The van der Waals surface area contributed by atoms with Crippen molar-refractivity contribution in [2.45, 2.75) is 0 Å². The van der Waals surface area contributed by atoms with Crippen LogP contribution in [0.4, 0.5) is 0 Å². The Bertz CT molecular complexity index is 5500. The average molecular weight is 1040 g/mol. The van der Waals surface area contributed by atoms with Gasteiger partial charge < -0.3 is 13.4 Å². The molecule has 0 unspecified atom stereocenters. The summed E-state index contributed by atoms with van der Waals surface area (Å²) in [6.45, 7) is 0. The third-order valence-corrected chi connectivity index (χ3v) is 18.7. The molecule has 0 saturated carbocycles. The van der Waals surface area contributed by atoms with Gasteiger partial charge >= 0.3 is 0 Å². The van der Waals surface area contributed by atoms with Crippen LogP contribution in [0.1, 0.15) is 0 Å². The van der Waals surface area contributed by atoms with E-state index in [1.807, 2.05) is 34.8 Å². The third-order valence-electron chi connectivity index (χ3n) is 16.4. The van der Waals surface area contributed by atoms with Gasteiger partial charge in [-0.25, -0.2) is 9.97 Å². The summed E-state index contributed by atoms with van der Waals surface area (Å²) in [7, 11) is 0. The smallest absolute Gasteiger partial charge is 0.147 e. The normalized spacial score (nSPS) is 12.3. The van der Waals surface area contributed by atoms with Gasteiger partial charge in [0, 0.05) is 80.1 Å². The summed E-state index contributed by atoms with van der Waals surface area (Å²) in [4.78, 5) is 10.9. The van der Waals surface area contributed by atoms with Crippen molar-refractivity contribution >= 4 is 151 Å². The van der Waals surface area contributed by atoms with E-state index in [2.05, 4.69) is 229 Å². The second-order valence-electron chi connectivity index (χ2n) is 20.7. The van der Waals surface area contributed by atoms with Crippen LogP contribution >= 0.6 is 22.7 Å². The molecule has 0 N–H and O–H groups in total. The highest BCUT2D eigenvalue weighted by Crippen LogP contribution is 2.49. The van der Waals surface area contributed by atoms with Crippen molar-refractivity contribution in [1.29, 1.82) is 0 Å². The summed E-state index contributed by atoms with van der Waals surface area (Å²) < 4.78 is 20.7. The fraction of sp³-hybridized carbons (Fsp3) is 0. The van der Waals surface area contributed by atoms with Crippen molar-refractivity contribution < 1.29 is 8.83 Å². The van der Waals surface area contributed by atoms with Crippen molar-refractivity contribution in [1.82, 2.24) is 14.5 Å². The second kappa shape index (κ2) is 16.3. The number of nitrogens with zero attached hydrogens (tertiary/aromatic N) is 3. The molecule has 11 aromatic carbocycles. The molecule has 0 fully saturated rings. The van der Waals surface area contributed by atoms with Crippen molar-refractivity contribution in [2.24, 2.45) is 0 Å². The average Bonchev–Trinajstić information content (AvgIpc) is 4.48. The number of pyridine rings is 2. The minimum absolute atomic E-state index is 0.821. The van der Waals surface area contributed by atoms with Crippen LogP contribution in [0, 0.1) is 0 Å². The molecule has 18 aromatic rings. The molecule has 79 heavy (non-hydrogen) atoms. The number of para-hydroxylation sites is 5. The maximum Gasteiger partial charge on any atom is 0.147 e. The van der Waals surface area contributed by atoms with E-state index >= 15 is 0 Å². The van der Waals surface area contributed by atoms with Crippen LogP contribution in [-0.4, -0.2) is 14.5 Å². The summed E-state index contributed by atoms with van der Waals surface area (Å²) in [5.41, 5.74) is 19.8. The van der Waals surface area contributed by atoms with Gasteiger partial charge in [0.1, 0.15) is 22.3 Å². The lowest BCUT2D eigenvalue weighted by Gasteiger charge is -2.13. The van der Waals surface area contributed by atoms with Crippen LogP contribution in [-0.2, 0) is 0 Å². The van der Waals surface area contributed by atoms with Gasteiger partial charge in [-0.3, -0.25) is 0 Å². The predicted molar refractivity (Wildman–Crippen MR) is 333 cm³/mol. The number of hydrogen-bond acceptors (Lipinski definition) is 6. The summed E-state index contributed by atoms with van der Waals surface area (Å²) in [6.07, 6.45) is 0. The first-order valence-electron chi connectivity index (χ1n) is 26.6.